The second kappa shape index (κ2) is 4.83. The van der Waals surface area contributed by atoms with Crippen molar-refractivity contribution < 1.29 is 29.0 Å². The average Bonchev–Trinajstić information content (AvgIpc) is 2.73. The van der Waals surface area contributed by atoms with Gasteiger partial charge in [-0.15, -0.1) is 0 Å². The SMILES string of the molecule is COc1ccc2c(c1O)C(=O)N(C1CCC(=O)NC1=O)C2=O. The predicted octanol–water partition coefficient (Wildman–Crippen LogP) is -0.198. The Bertz CT molecular complexity index is 726. The molecule has 114 valence electrons. The first-order valence-corrected chi connectivity index (χ1v) is 6.57. The number of hydrogen-bond acceptors (Lipinski definition) is 6. The van der Waals surface area contributed by atoms with Crippen LogP contribution in [0.3, 0.4) is 0 Å². The molecule has 0 saturated carbocycles. The normalized spacial score (nSPS) is 21.0. The summed E-state index contributed by atoms with van der Waals surface area (Å²) in [5.74, 6) is -2.96. The molecule has 1 atom stereocenters. The van der Waals surface area contributed by atoms with Crippen molar-refractivity contribution in [1.82, 2.24) is 10.2 Å². The van der Waals surface area contributed by atoms with Crippen LogP contribution in [-0.2, 0) is 9.59 Å². The largest absolute Gasteiger partial charge is 0.504 e. The summed E-state index contributed by atoms with van der Waals surface area (Å²) in [5, 5.41) is 12.1. The lowest BCUT2D eigenvalue weighted by molar-refractivity contribution is -0.136. The molecular formula is C14H12N2O6. The van der Waals surface area contributed by atoms with E-state index in [0.717, 1.165) is 4.90 Å². The fraction of sp³-hybridized carbons (Fsp3) is 0.286. The molecule has 1 fully saturated rings. The first-order valence-electron chi connectivity index (χ1n) is 6.57. The molecule has 1 saturated heterocycles. The van der Waals surface area contributed by atoms with E-state index in [1.165, 1.54) is 19.2 Å². The highest BCUT2D eigenvalue weighted by atomic mass is 16.5. The number of nitrogens with zero attached hydrogens (tertiary/aromatic N) is 1. The number of carbonyl (C=O) groups excluding carboxylic acids is 4. The molecular weight excluding hydrogens is 292 g/mol. The summed E-state index contributed by atoms with van der Waals surface area (Å²) in [6.07, 6.45) is 0.104. The van der Waals surface area contributed by atoms with Gasteiger partial charge in [0.2, 0.25) is 11.8 Å². The van der Waals surface area contributed by atoms with Crippen LogP contribution in [0.15, 0.2) is 12.1 Å². The van der Waals surface area contributed by atoms with E-state index in [2.05, 4.69) is 5.32 Å². The maximum Gasteiger partial charge on any atom is 0.266 e. The molecule has 0 bridgehead atoms. The second-order valence-electron chi connectivity index (χ2n) is 4.99. The second-order valence-corrected chi connectivity index (χ2v) is 4.99. The van der Waals surface area contributed by atoms with Crippen LogP contribution in [0.1, 0.15) is 33.6 Å². The fourth-order valence-electron chi connectivity index (χ4n) is 2.69. The highest BCUT2D eigenvalue weighted by Gasteiger charge is 2.46. The minimum absolute atomic E-state index is 0.00741. The van der Waals surface area contributed by atoms with Gasteiger partial charge in [-0.05, 0) is 18.6 Å². The topological polar surface area (TPSA) is 113 Å². The fourth-order valence-corrected chi connectivity index (χ4v) is 2.69. The lowest BCUT2D eigenvalue weighted by Crippen LogP contribution is -2.54. The molecule has 8 heteroatoms. The molecule has 1 aromatic rings. The van der Waals surface area contributed by atoms with Crippen molar-refractivity contribution >= 4 is 23.6 Å². The van der Waals surface area contributed by atoms with Gasteiger partial charge in [0, 0.05) is 6.42 Å². The Hall–Kier alpha value is -2.90. The zero-order valence-corrected chi connectivity index (χ0v) is 11.6. The summed E-state index contributed by atoms with van der Waals surface area (Å²) in [5.41, 5.74) is -0.179. The Labute approximate surface area is 124 Å². The summed E-state index contributed by atoms with van der Waals surface area (Å²) in [7, 11) is 1.32. The zero-order valence-electron chi connectivity index (χ0n) is 11.6. The van der Waals surface area contributed by atoms with Gasteiger partial charge in [-0.3, -0.25) is 29.4 Å². The van der Waals surface area contributed by atoms with Crippen molar-refractivity contribution in [3.05, 3.63) is 23.3 Å². The number of aromatic hydroxyl groups is 1. The number of methoxy groups -OCH3 is 1. The number of imide groups is 2. The van der Waals surface area contributed by atoms with Crippen LogP contribution in [0, 0.1) is 0 Å². The van der Waals surface area contributed by atoms with Crippen molar-refractivity contribution in [2.75, 3.05) is 7.11 Å². The molecule has 22 heavy (non-hydrogen) atoms. The molecule has 0 radical (unpaired) electrons. The minimum Gasteiger partial charge on any atom is -0.504 e. The van der Waals surface area contributed by atoms with Crippen LogP contribution in [0.2, 0.25) is 0 Å². The Morgan fingerprint density at radius 2 is 1.95 bits per heavy atom. The minimum atomic E-state index is -1.06. The third kappa shape index (κ3) is 1.84. The van der Waals surface area contributed by atoms with E-state index in [0.29, 0.717) is 0 Å². The zero-order chi connectivity index (χ0) is 16.0. The molecule has 0 aliphatic carbocycles. The maximum absolute atomic E-state index is 12.4. The maximum atomic E-state index is 12.4. The highest BCUT2D eigenvalue weighted by Crippen LogP contribution is 2.38. The number of hydrogen-bond donors (Lipinski definition) is 2. The number of phenols is 1. The quantitative estimate of drug-likeness (QED) is 0.732. The average molecular weight is 304 g/mol. The van der Waals surface area contributed by atoms with Gasteiger partial charge in [-0.1, -0.05) is 0 Å². The molecule has 2 heterocycles. The van der Waals surface area contributed by atoms with Crippen LogP contribution < -0.4 is 10.1 Å². The van der Waals surface area contributed by atoms with Gasteiger partial charge >= 0.3 is 0 Å². The Morgan fingerprint density at radius 3 is 2.59 bits per heavy atom. The van der Waals surface area contributed by atoms with E-state index in [-0.39, 0.29) is 29.7 Å². The first kappa shape index (κ1) is 14.1. The number of ether oxygens (including phenoxy) is 1. The monoisotopic (exact) mass is 304 g/mol. The molecule has 2 aliphatic heterocycles. The van der Waals surface area contributed by atoms with Gasteiger partial charge in [0.25, 0.3) is 11.8 Å². The number of amides is 4. The van der Waals surface area contributed by atoms with Crippen LogP contribution >= 0.6 is 0 Å². The summed E-state index contributed by atoms with van der Waals surface area (Å²) in [6.45, 7) is 0. The number of nitrogens with one attached hydrogen (secondary N) is 1. The van der Waals surface area contributed by atoms with Crippen molar-refractivity contribution in [2.24, 2.45) is 0 Å². The number of piperidine rings is 1. The number of fused-ring (bicyclic) bond motifs is 1. The number of benzene rings is 1. The smallest absolute Gasteiger partial charge is 0.266 e. The van der Waals surface area contributed by atoms with Crippen LogP contribution in [-0.4, -0.2) is 46.8 Å². The molecule has 2 N–H and O–H groups in total. The summed E-state index contributed by atoms with van der Waals surface area (Å²) < 4.78 is 4.91. The van der Waals surface area contributed by atoms with Crippen LogP contribution in [0.5, 0.6) is 11.5 Å². The molecule has 1 unspecified atom stereocenters. The standard InChI is InChI=1S/C14H12N2O6/c1-22-8-4-2-6-10(11(8)18)14(21)16(13(6)20)7-3-5-9(17)15-12(7)19/h2,4,7,18H,3,5H2,1H3,(H,15,17,19). The van der Waals surface area contributed by atoms with E-state index in [4.69, 9.17) is 4.74 Å². The number of carbonyl (C=O) groups is 4. The Morgan fingerprint density at radius 1 is 1.23 bits per heavy atom. The van der Waals surface area contributed by atoms with Gasteiger partial charge in [-0.25, -0.2) is 0 Å². The summed E-state index contributed by atoms with van der Waals surface area (Å²) in [6, 6.07) is 1.67. The lowest BCUT2D eigenvalue weighted by atomic mass is 10.0. The lowest BCUT2D eigenvalue weighted by Gasteiger charge is -2.27. The van der Waals surface area contributed by atoms with Gasteiger partial charge in [0.1, 0.15) is 6.04 Å². The van der Waals surface area contributed by atoms with Crippen molar-refractivity contribution in [2.45, 2.75) is 18.9 Å². The predicted molar refractivity (Wildman–Crippen MR) is 71.3 cm³/mol. The molecule has 0 aromatic heterocycles. The van der Waals surface area contributed by atoms with E-state index >= 15 is 0 Å². The van der Waals surface area contributed by atoms with Crippen molar-refractivity contribution in [1.29, 1.82) is 0 Å². The van der Waals surface area contributed by atoms with Crippen LogP contribution in [0.25, 0.3) is 0 Å². The van der Waals surface area contributed by atoms with E-state index in [1.807, 2.05) is 0 Å². The van der Waals surface area contributed by atoms with Gasteiger partial charge in [0.05, 0.1) is 18.2 Å². The molecule has 4 amide bonds. The molecule has 3 rings (SSSR count). The Balaban J connectivity index is 2.02. The molecule has 0 spiro atoms. The number of phenolic OH excluding ortho intramolecular Hbond substituents is 1. The van der Waals surface area contributed by atoms with Crippen molar-refractivity contribution in [3.8, 4) is 11.5 Å². The molecule has 1 aromatic carbocycles. The van der Waals surface area contributed by atoms with Crippen molar-refractivity contribution in [3.63, 3.8) is 0 Å². The van der Waals surface area contributed by atoms with E-state index in [9.17, 15) is 24.3 Å². The molecule has 8 nitrogen and oxygen atoms in total. The summed E-state index contributed by atoms with van der Waals surface area (Å²) >= 11 is 0. The van der Waals surface area contributed by atoms with Crippen LogP contribution in [0.4, 0.5) is 0 Å². The molecule has 2 aliphatic rings. The third-order valence-electron chi connectivity index (χ3n) is 3.76. The van der Waals surface area contributed by atoms with Gasteiger partial charge < -0.3 is 9.84 Å². The van der Waals surface area contributed by atoms with Gasteiger partial charge in [0.15, 0.2) is 11.5 Å². The van der Waals surface area contributed by atoms with E-state index in [1.54, 1.807) is 0 Å². The van der Waals surface area contributed by atoms with Gasteiger partial charge in [-0.2, -0.15) is 0 Å². The Kier molecular flexibility index (Phi) is 3.09. The third-order valence-corrected chi connectivity index (χ3v) is 3.76. The number of rotatable bonds is 2. The van der Waals surface area contributed by atoms with E-state index < -0.39 is 35.4 Å². The first-order chi connectivity index (χ1) is 10.5. The highest BCUT2D eigenvalue weighted by molar-refractivity contribution is 6.24. The summed E-state index contributed by atoms with van der Waals surface area (Å²) in [4.78, 5) is 48.7.